The highest BCUT2D eigenvalue weighted by molar-refractivity contribution is 5.70. The first-order chi connectivity index (χ1) is 8.26. The molecule has 2 rings (SSSR count). The molecule has 1 aromatic rings. The highest BCUT2D eigenvalue weighted by Gasteiger charge is 2.23. The maximum absolute atomic E-state index is 6.08. The summed E-state index contributed by atoms with van der Waals surface area (Å²) in [5.41, 5.74) is 7.93. The summed E-state index contributed by atoms with van der Waals surface area (Å²) in [5, 5.41) is 0. The van der Waals surface area contributed by atoms with Gasteiger partial charge in [0, 0.05) is 12.6 Å². The van der Waals surface area contributed by atoms with Crippen LogP contribution >= 0.6 is 0 Å². The molecule has 0 spiro atoms. The molecule has 17 heavy (non-hydrogen) atoms. The van der Waals surface area contributed by atoms with E-state index in [0.717, 1.165) is 43.3 Å². The minimum atomic E-state index is 0.416. The van der Waals surface area contributed by atoms with Gasteiger partial charge in [-0.15, -0.1) is 0 Å². The van der Waals surface area contributed by atoms with Crippen LogP contribution in [0.25, 0.3) is 0 Å². The van der Waals surface area contributed by atoms with E-state index in [2.05, 4.69) is 11.8 Å². The smallest absolute Gasteiger partial charge is 0.121 e. The van der Waals surface area contributed by atoms with Crippen molar-refractivity contribution in [2.75, 3.05) is 37.5 Å². The minimum Gasteiger partial charge on any atom is -0.497 e. The van der Waals surface area contributed by atoms with Crippen LogP contribution in [0.4, 0.5) is 11.4 Å². The molecule has 1 aliphatic heterocycles. The van der Waals surface area contributed by atoms with E-state index in [-0.39, 0.29) is 0 Å². The molecule has 0 bridgehead atoms. The molecule has 1 atom stereocenters. The SMILES string of the molecule is CCC1COCCN1c1ccc(OC)cc1N. The average molecular weight is 236 g/mol. The summed E-state index contributed by atoms with van der Waals surface area (Å²) in [6, 6.07) is 6.27. The minimum absolute atomic E-state index is 0.416. The maximum Gasteiger partial charge on any atom is 0.121 e. The molecule has 2 N–H and O–H groups in total. The second-order valence-electron chi connectivity index (χ2n) is 4.26. The molecule has 0 aromatic heterocycles. The molecular formula is C13H20N2O2. The summed E-state index contributed by atoms with van der Waals surface area (Å²) in [6.45, 7) is 4.62. The van der Waals surface area contributed by atoms with Crippen molar-refractivity contribution in [2.24, 2.45) is 0 Å². The van der Waals surface area contributed by atoms with Crippen molar-refractivity contribution in [1.29, 1.82) is 0 Å². The van der Waals surface area contributed by atoms with Crippen molar-refractivity contribution < 1.29 is 9.47 Å². The molecule has 1 unspecified atom stereocenters. The Morgan fingerprint density at radius 1 is 1.53 bits per heavy atom. The van der Waals surface area contributed by atoms with Gasteiger partial charge in [-0.2, -0.15) is 0 Å². The van der Waals surface area contributed by atoms with Crippen LogP contribution in [0, 0.1) is 0 Å². The zero-order valence-corrected chi connectivity index (χ0v) is 10.5. The Morgan fingerprint density at radius 2 is 2.35 bits per heavy atom. The Kier molecular flexibility index (Phi) is 3.74. The molecule has 0 aliphatic carbocycles. The summed E-state index contributed by atoms with van der Waals surface area (Å²) in [7, 11) is 1.65. The van der Waals surface area contributed by atoms with E-state index in [4.69, 9.17) is 15.2 Å². The normalized spacial score (nSPS) is 20.4. The lowest BCUT2D eigenvalue weighted by atomic mass is 10.1. The summed E-state index contributed by atoms with van der Waals surface area (Å²) < 4.78 is 10.7. The molecule has 1 aliphatic rings. The van der Waals surface area contributed by atoms with Gasteiger partial charge in [0.2, 0.25) is 0 Å². The van der Waals surface area contributed by atoms with Crippen LogP contribution in [0.5, 0.6) is 5.75 Å². The largest absolute Gasteiger partial charge is 0.497 e. The number of morpholine rings is 1. The Bertz CT molecular complexity index is 382. The molecule has 1 aromatic carbocycles. The molecule has 4 nitrogen and oxygen atoms in total. The van der Waals surface area contributed by atoms with Gasteiger partial charge in [-0.3, -0.25) is 0 Å². The average Bonchev–Trinajstić information content (AvgIpc) is 2.38. The second-order valence-corrected chi connectivity index (χ2v) is 4.26. The molecular weight excluding hydrogens is 216 g/mol. The van der Waals surface area contributed by atoms with Crippen LogP contribution in [0.3, 0.4) is 0 Å². The molecule has 0 saturated carbocycles. The second kappa shape index (κ2) is 5.27. The van der Waals surface area contributed by atoms with E-state index >= 15 is 0 Å². The van der Waals surface area contributed by atoms with Gasteiger partial charge in [-0.1, -0.05) is 6.92 Å². The third-order valence-electron chi connectivity index (χ3n) is 3.24. The lowest BCUT2D eigenvalue weighted by Crippen LogP contribution is -2.45. The molecule has 1 heterocycles. The number of nitrogens with zero attached hydrogens (tertiary/aromatic N) is 1. The zero-order chi connectivity index (χ0) is 12.3. The van der Waals surface area contributed by atoms with Crippen molar-refractivity contribution in [3.05, 3.63) is 18.2 Å². The number of rotatable bonds is 3. The standard InChI is InChI=1S/C13H20N2O2/c1-3-10-9-17-7-6-15(10)13-5-4-11(16-2)8-12(13)14/h4-5,8,10H,3,6-7,9,14H2,1-2H3. The van der Waals surface area contributed by atoms with Crippen molar-refractivity contribution in [3.8, 4) is 5.75 Å². The van der Waals surface area contributed by atoms with Gasteiger partial charge < -0.3 is 20.1 Å². The van der Waals surface area contributed by atoms with E-state index in [1.54, 1.807) is 7.11 Å². The fraction of sp³-hybridized carbons (Fsp3) is 0.538. The highest BCUT2D eigenvalue weighted by atomic mass is 16.5. The Morgan fingerprint density at radius 3 is 3.00 bits per heavy atom. The molecule has 94 valence electrons. The zero-order valence-electron chi connectivity index (χ0n) is 10.5. The number of methoxy groups -OCH3 is 1. The van der Waals surface area contributed by atoms with Gasteiger partial charge in [0.15, 0.2) is 0 Å². The molecule has 0 amide bonds. The van der Waals surface area contributed by atoms with Crippen LogP contribution in [-0.4, -0.2) is 32.9 Å². The number of hydrogen-bond acceptors (Lipinski definition) is 4. The number of ether oxygens (including phenoxy) is 2. The predicted octanol–water partition coefficient (Wildman–Crippen LogP) is 1.89. The van der Waals surface area contributed by atoms with Gasteiger partial charge in [-0.05, 0) is 18.6 Å². The van der Waals surface area contributed by atoms with E-state index in [9.17, 15) is 0 Å². The molecule has 0 radical (unpaired) electrons. The van der Waals surface area contributed by atoms with Crippen LogP contribution in [0.2, 0.25) is 0 Å². The van der Waals surface area contributed by atoms with Crippen LogP contribution in [0.1, 0.15) is 13.3 Å². The first-order valence-electron chi connectivity index (χ1n) is 6.04. The van der Waals surface area contributed by atoms with E-state index in [0.29, 0.717) is 6.04 Å². The Labute approximate surface area is 102 Å². The first-order valence-corrected chi connectivity index (χ1v) is 6.04. The van der Waals surface area contributed by atoms with Gasteiger partial charge >= 0.3 is 0 Å². The van der Waals surface area contributed by atoms with Gasteiger partial charge in [0.1, 0.15) is 5.75 Å². The number of nitrogen functional groups attached to an aromatic ring is 1. The quantitative estimate of drug-likeness (QED) is 0.814. The predicted molar refractivity (Wildman–Crippen MR) is 69.7 cm³/mol. The van der Waals surface area contributed by atoms with Crippen molar-refractivity contribution in [2.45, 2.75) is 19.4 Å². The topological polar surface area (TPSA) is 47.7 Å². The molecule has 4 heteroatoms. The van der Waals surface area contributed by atoms with E-state index < -0.39 is 0 Å². The van der Waals surface area contributed by atoms with Crippen LogP contribution in [-0.2, 0) is 4.74 Å². The van der Waals surface area contributed by atoms with Crippen molar-refractivity contribution in [3.63, 3.8) is 0 Å². The summed E-state index contributed by atoms with van der Waals surface area (Å²) in [4.78, 5) is 2.33. The number of benzene rings is 1. The van der Waals surface area contributed by atoms with Gasteiger partial charge in [-0.25, -0.2) is 0 Å². The Hall–Kier alpha value is -1.42. The van der Waals surface area contributed by atoms with E-state index in [1.165, 1.54) is 0 Å². The number of nitrogens with two attached hydrogens (primary N) is 1. The first kappa shape index (κ1) is 12.0. The monoisotopic (exact) mass is 236 g/mol. The molecule has 1 fully saturated rings. The van der Waals surface area contributed by atoms with Gasteiger partial charge in [0.25, 0.3) is 0 Å². The van der Waals surface area contributed by atoms with Crippen LogP contribution in [0.15, 0.2) is 18.2 Å². The third-order valence-corrected chi connectivity index (χ3v) is 3.24. The Balaban J connectivity index is 2.25. The lowest BCUT2D eigenvalue weighted by molar-refractivity contribution is 0.0930. The molecule has 1 saturated heterocycles. The summed E-state index contributed by atoms with van der Waals surface area (Å²) in [6.07, 6.45) is 1.06. The summed E-state index contributed by atoms with van der Waals surface area (Å²) in [5.74, 6) is 0.799. The lowest BCUT2D eigenvalue weighted by Gasteiger charge is -2.37. The summed E-state index contributed by atoms with van der Waals surface area (Å²) >= 11 is 0. The fourth-order valence-corrected chi connectivity index (χ4v) is 2.23. The van der Waals surface area contributed by atoms with E-state index in [1.807, 2.05) is 18.2 Å². The highest BCUT2D eigenvalue weighted by Crippen LogP contribution is 2.30. The van der Waals surface area contributed by atoms with Crippen molar-refractivity contribution >= 4 is 11.4 Å². The number of hydrogen-bond donors (Lipinski definition) is 1. The number of anilines is 2. The maximum atomic E-state index is 6.08. The van der Waals surface area contributed by atoms with Gasteiger partial charge in [0.05, 0.1) is 37.7 Å². The van der Waals surface area contributed by atoms with Crippen molar-refractivity contribution in [1.82, 2.24) is 0 Å². The fourth-order valence-electron chi connectivity index (χ4n) is 2.23. The van der Waals surface area contributed by atoms with Crippen LogP contribution < -0.4 is 15.4 Å². The third kappa shape index (κ3) is 2.47.